The maximum atomic E-state index is 12.5. The number of esters is 1. The molecule has 0 spiro atoms. The molecule has 2 aliphatic rings. The van der Waals surface area contributed by atoms with Gasteiger partial charge in [-0.25, -0.2) is 4.98 Å². The van der Waals surface area contributed by atoms with Gasteiger partial charge < -0.3 is 14.2 Å². The van der Waals surface area contributed by atoms with Crippen LogP contribution in [0.2, 0.25) is 0 Å². The van der Waals surface area contributed by atoms with Crippen molar-refractivity contribution in [1.29, 1.82) is 0 Å². The zero-order valence-electron chi connectivity index (χ0n) is 18.2. The minimum Gasteiger partial charge on any atom is -0.493 e. The molecule has 1 saturated carbocycles. The molecule has 8 nitrogen and oxygen atoms in total. The van der Waals surface area contributed by atoms with Crippen molar-refractivity contribution in [3.8, 4) is 22.1 Å². The summed E-state index contributed by atoms with van der Waals surface area (Å²) in [6.45, 7) is 2.09. The molecule has 0 N–H and O–H groups in total. The van der Waals surface area contributed by atoms with Gasteiger partial charge in [0.25, 0.3) is 0 Å². The highest BCUT2D eigenvalue weighted by atomic mass is 32.1. The summed E-state index contributed by atoms with van der Waals surface area (Å²) in [7, 11) is 1.58. The summed E-state index contributed by atoms with van der Waals surface area (Å²) in [6.07, 6.45) is 3.34. The molecular formula is C23H26N2O6S. The third kappa shape index (κ3) is 4.48. The number of benzene rings is 1. The van der Waals surface area contributed by atoms with Gasteiger partial charge in [0.2, 0.25) is 11.8 Å². The number of likely N-dealkylation sites (tertiary alicyclic amines) is 1. The number of hydrogen-bond donors (Lipinski definition) is 0. The molecule has 2 fully saturated rings. The molecule has 9 heteroatoms. The van der Waals surface area contributed by atoms with Crippen LogP contribution in [0.3, 0.4) is 0 Å². The molecule has 0 unspecified atom stereocenters. The third-order valence-electron chi connectivity index (χ3n) is 5.86. The summed E-state index contributed by atoms with van der Waals surface area (Å²) in [5, 5.41) is 2.57. The van der Waals surface area contributed by atoms with Gasteiger partial charge in [-0.15, -0.1) is 11.3 Å². The number of carbonyl (C=O) groups excluding carboxylic acids is 3. The van der Waals surface area contributed by atoms with Gasteiger partial charge in [0.05, 0.1) is 31.2 Å². The van der Waals surface area contributed by atoms with Gasteiger partial charge in [-0.1, -0.05) is 12.8 Å². The molecule has 32 heavy (non-hydrogen) atoms. The first-order valence-electron chi connectivity index (χ1n) is 10.8. The van der Waals surface area contributed by atoms with Crippen LogP contribution >= 0.6 is 11.3 Å². The van der Waals surface area contributed by atoms with Crippen molar-refractivity contribution in [2.24, 2.45) is 11.8 Å². The standard InChI is InChI=1S/C23H26N2O6S/c1-3-30-18-9-8-14(10-19(18)29-2)21-24-15(13-32-21)12-31-20(26)11-25-22(27)16-6-4-5-7-17(16)23(25)28/h8-10,13,16-17H,3-7,11-12H2,1-2H3/t16-,17-/m0/s1. The van der Waals surface area contributed by atoms with Crippen molar-refractivity contribution >= 4 is 29.1 Å². The van der Waals surface area contributed by atoms with E-state index in [0.29, 0.717) is 23.8 Å². The fourth-order valence-corrected chi connectivity index (χ4v) is 5.10. The number of ether oxygens (including phenoxy) is 3. The van der Waals surface area contributed by atoms with Crippen LogP contribution in [-0.2, 0) is 25.7 Å². The van der Waals surface area contributed by atoms with Crippen LogP contribution in [-0.4, -0.2) is 47.9 Å². The molecule has 1 aliphatic carbocycles. The Balaban J connectivity index is 1.35. The van der Waals surface area contributed by atoms with Crippen LogP contribution in [0, 0.1) is 11.8 Å². The van der Waals surface area contributed by atoms with Crippen molar-refractivity contribution in [3.05, 3.63) is 29.3 Å². The fourth-order valence-electron chi connectivity index (χ4n) is 4.30. The van der Waals surface area contributed by atoms with E-state index in [9.17, 15) is 14.4 Å². The number of hydrogen-bond acceptors (Lipinski definition) is 8. The van der Waals surface area contributed by atoms with Crippen LogP contribution < -0.4 is 9.47 Å². The first kappa shape index (κ1) is 22.3. The molecule has 0 radical (unpaired) electrons. The smallest absolute Gasteiger partial charge is 0.326 e. The average molecular weight is 459 g/mol. The summed E-state index contributed by atoms with van der Waals surface area (Å²) < 4.78 is 16.2. The van der Waals surface area contributed by atoms with E-state index >= 15 is 0 Å². The summed E-state index contributed by atoms with van der Waals surface area (Å²) >= 11 is 1.42. The van der Waals surface area contributed by atoms with Crippen LogP contribution in [0.5, 0.6) is 11.5 Å². The van der Waals surface area contributed by atoms with E-state index in [0.717, 1.165) is 41.2 Å². The number of thiazole rings is 1. The Morgan fingerprint density at radius 3 is 2.53 bits per heavy atom. The lowest BCUT2D eigenvalue weighted by Crippen LogP contribution is -2.36. The van der Waals surface area contributed by atoms with Gasteiger partial charge in [-0.3, -0.25) is 19.3 Å². The predicted molar refractivity (Wildman–Crippen MR) is 117 cm³/mol. The van der Waals surface area contributed by atoms with Crippen molar-refractivity contribution in [1.82, 2.24) is 9.88 Å². The van der Waals surface area contributed by atoms with E-state index in [2.05, 4.69) is 4.98 Å². The second-order valence-corrected chi connectivity index (χ2v) is 8.72. The maximum Gasteiger partial charge on any atom is 0.326 e. The summed E-state index contributed by atoms with van der Waals surface area (Å²) in [5.74, 6) is -0.340. The molecule has 2 aromatic rings. The Morgan fingerprint density at radius 2 is 1.88 bits per heavy atom. The maximum absolute atomic E-state index is 12.5. The molecule has 1 aliphatic heterocycles. The van der Waals surface area contributed by atoms with E-state index in [1.54, 1.807) is 7.11 Å². The van der Waals surface area contributed by atoms with E-state index < -0.39 is 5.97 Å². The highest BCUT2D eigenvalue weighted by molar-refractivity contribution is 7.13. The van der Waals surface area contributed by atoms with Crippen molar-refractivity contribution < 1.29 is 28.6 Å². The number of imide groups is 1. The second kappa shape index (κ2) is 9.68. The van der Waals surface area contributed by atoms with E-state index in [1.165, 1.54) is 11.3 Å². The second-order valence-electron chi connectivity index (χ2n) is 7.86. The number of fused-ring (bicyclic) bond motifs is 1. The minimum atomic E-state index is -0.609. The molecule has 0 bridgehead atoms. The zero-order chi connectivity index (χ0) is 22.7. The molecule has 170 valence electrons. The van der Waals surface area contributed by atoms with Crippen molar-refractivity contribution in [2.45, 2.75) is 39.2 Å². The van der Waals surface area contributed by atoms with Gasteiger partial charge >= 0.3 is 5.97 Å². The Labute approximate surface area is 190 Å². The number of rotatable bonds is 8. The molecule has 2 atom stereocenters. The molecular weight excluding hydrogens is 432 g/mol. The number of nitrogens with zero attached hydrogens (tertiary/aromatic N) is 2. The highest BCUT2D eigenvalue weighted by Crippen LogP contribution is 2.38. The summed E-state index contributed by atoms with van der Waals surface area (Å²) in [4.78, 5) is 42.9. The number of amides is 2. The normalized spacial score (nSPS) is 20.2. The topological polar surface area (TPSA) is 95.0 Å². The Bertz CT molecular complexity index is 996. The van der Waals surface area contributed by atoms with Crippen LogP contribution in [0.1, 0.15) is 38.3 Å². The Hall–Kier alpha value is -2.94. The van der Waals surface area contributed by atoms with Crippen molar-refractivity contribution in [2.75, 3.05) is 20.3 Å². The van der Waals surface area contributed by atoms with Gasteiger partial charge in [0.15, 0.2) is 11.5 Å². The molecule has 4 rings (SSSR count). The fraction of sp³-hybridized carbons (Fsp3) is 0.478. The van der Waals surface area contributed by atoms with E-state index in [1.807, 2.05) is 30.5 Å². The lowest BCUT2D eigenvalue weighted by Gasteiger charge is -2.19. The van der Waals surface area contributed by atoms with E-state index in [-0.39, 0.29) is 36.8 Å². The quantitative estimate of drug-likeness (QED) is 0.442. The Morgan fingerprint density at radius 1 is 1.16 bits per heavy atom. The highest BCUT2D eigenvalue weighted by Gasteiger charge is 2.48. The zero-order valence-corrected chi connectivity index (χ0v) is 19.0. The SMILES string of the molecule is CCOc1ccc(-c2nc(COC(=O)CN3C(=O)[C@H]4CCCC[C@@H]4C3=O)cs2)cc1OC. The number of carbonyl (C=O) groups is 3. The van der Waals surface area contributed by atoms with E-state index in [4.69, 9.17) is 14.2 Å². The molecule has 2 amide bonds. The lowest BCUT2D eigenvalue weighted by molar-refractivity contribution is -0.153. The monoisotopic (exact) mass is 458 g/mol. The van der Waals surface area contributed by atoms with Crippen molar-refractivity contribution in [3.63, 3.8) is 0 Å². The van der Waals surface area contributed by atoms with Gasteiger partial charge in [0, 0.05) is 10.9 Å². The largest absolute Gasteiger partial charge is 0.493 e. The lowest BCUT2D eigenvalue weighted by atomic mass is 9.81. The van der Waals surface area contributed by atoms with Crippen LogP contribution in [0.15, 0.2) is 23.6 Å². The molecule has 1 aromatic carbocycles. The summed E-state index contributed by atoms with van der Waals surface area (Å²) in [5.41, 5.74) is 1.46. The first-order chi connectivity index (χ1) is 15.5. The Kier molecular flexibility index (Phi) is 6.74. The summed E-state index contributed by atoms with van der Waals surface area (Å²) in [6, 6.07) is 5.58. The van der Waals surface area contributed by atoms with Crippen LogP contribution in [0.25, 0.3) is 10.6 Å². The first-order valence-corrected chi connectivity index (χ1v) is 11.7. The predicted octanol–water partition coefficient (Wildman–Crippen LogP) is 3.44. The van der Waals surface area contributed by atoms with Gasteiger partial charge in [0.1, 0.15) is 18.2 Å². The van der Waals surface area contributed by atoms with Gasteiger partial charge in [-0.05, 0) is 38.0 Å². The minimum absolute atomic E-state index is 0.0213. The molecule has 1 aromatic heterocycles. The number of aromatic nitrogens is 1. The van der Waals surface area contributed by atoms with Crippen LogP contribution in [0.4, 0.5) is 0 Å². The molecule has 1 saturated heterocycles. The number of methoxy groups -OCH3 is 1. The third-order valence-corrected chi connectivity index (χ3v) is 6.80. The average Bonchev–Trinajstić information content (AvgIpc) is 3.38. The van der Waals surface area contributed by atoms with Gasteiger partial charge in [-0.2, -0.15) is 0 Å². The molecule has 2 heterocycles.